The molecule has 0 saturated carbocycles. The highest BCUT2D eigenvalue weighted by Gasteiger charge is 2.36. The zero-order chi connectivity index (χ0) is 30.3. The molecule has 5 heterocycles. The van der Waals surface area contributed by atoms with Crippen molar-refractivity contribution in [1.82, 2.24) is 34.7 Å². The van der Waals surface area contributed by atoms with Gasteiger partial charge < -0.3 is 9.55 Å². The molecule has 11 heteroatoms. The maximum absolute atomic E-state index is 14.1. The van der Waals surface area contributed by atoms with Crippen LogP contribution >= 0.6 is 0 Å². The van der Waals surface area contributed by atoms with Crippen LogP contribution in [0.4, 0.5) is 13.2 Å². The van der Waals surface area contributed by atoms with E-state index in [0.717, 1.165) is 28.5 Å². The van der Waals surface area contributed by atoms with E-state index in [1.54, 1.807) is 36.7 Å². The number of hydrogen-bond acceptors (Lipinski definition) is 5. The summed E-state index contributed by atoms with van der Waals surface area (Å²) in [5, 5.41) is 7.21. The van der Waals surface area contributed by atoms with Gasteiger partial charge in [-0.05, 0) is 35.4 Å². The van der Waals surface area contributed by atoms with E-state index in [2.05, 4.69) is 25.1 Å². The summed E-state index contributed by atoms with van der Waals surface area (Å²) >= 11 is 0. The van der Waals surface area contributed by atoms with E-state index in [1.165, 1.54) is 10.8 Å². The van der Waals surface area contributed by atoms with E-state index in [-0.39, 0.29) is 29.3 Å². The molecule has 2 N–H and O–H groups in total. The molecular weight excluding hydrogens is 567 g/mol. The average Bonchev–Trinajstić information content (AvgIpc) is 3.70. The van der Waals surface area contributed by atoms with Crippen LogP contribution < -0.4 is 5.56 Å². The van der Waals surface area contributed by atoms with Gasteiger partial charge in [0.25, 0.3) is 5.56 Å². The van der Waals surface area contributed by atoms with Crippen molar-refractivity contribution in [2.24, 2.45) is 0 Å². The number of aromatic amines is 2. The maximum atomic E-state index is 14.1. The van der Waals surface area contributed by atoms with Crippen LogP contribution in [0.5, 0.6) is 0 Å². The van der Waals surface area contributed by atoms with Crippen molar-refractivity contribution in [2.75, 3.05) is 0 Å². The number of fused-ring (bicyclic) bond motifs is 1. The summed E-state index contributed by atoms with van der Waals surface area (Å²) in [4.78, 5) is 28.5. The molecule has 0 atom stereocenters. The molecule has 8 nitrogen and oxygen atoms in total. The maximum Gasteiger partial charge on any atom is 0.418 e. The first-order valence-electron chi connectivity index (χ1n) is 13.6. The quantitative estimate of drug-likeness (QED) is 0.218. The molecule has 0 amide bonds. The molecule has 0 unspecified atom stereocenters. The Morgan fingerprint density at radius 3 is 2.36 bits per heavy atom. The summed E-state index contributed by atoms with van der Waals surface area (Å²) in [6.45, 7) is 0.187. The third-order valence-electron chi connectivity index (χ3n) is 7.25. The number of rotatable bonds is 6. The molecule has 0 saturated heterocycles. The number of H-pyrrole nitrogens is 2. The summed E-state index contributed by atoms with van der Waals surface area (Å²) in [7, 11) is 0. The first-order chi connectivity index (χ1) is 21.3. The predicted octanol–water partition coefficient (Wildman–Crippen LogP) is 6.97. The highest BCUT2D eigenvalue weighted by atomic mass is 19.4. The number of hydrogen-bond donors (Lipinski definition) is 2. The fourth-order valence-corrected chi connectivity index (χ4v) is 5.15. The zero-order valence-electron chi connectivity index (χ0n) is 22.9. The Hall–Kier alpha value is -5.84. The van der Waals surface area contributed by atoms with Crippen molar-refractivity contribution in [3.63, 3.8) is 0 Å². The van der Waals surface area contributed by atoms with Crippen LogP contribution in [0.1, 0.15) is 11.1 Å². The van der Waals surface area contributed by atoms with E-state index in [4.69, 9.17) is 4.98 Å². The second kappa shape index (κ2) is 10.8. The number of nitrogens with one attached hydrogen (secondary N) is 2. The van der Waals surface area contributed by atoms with Crippen LogP contribution in [-0.4, -0.2) is 34.7 Å². The van der Waals surface area contributed by atoms with E-state index in [1.807, 2.05) is 60.7 Å². The Morgan fingerprint density at radius 2 is 1.61 bits per heavy atom. The first kappa shape index (κ1) is 27.0. The van der Waals surface area contributed by atoms with Crippen molar-refractivity contribution in [2.45, 2.75) is 12.7 Å². The highest BCUT2D eigenvalue weighted by molar-refractivity contribution is 5.91. The molecule has 0 bridgehead atoms. The lowest BCUT2D eigenvalue weighted by atomic mass is 9.97. The van der Waals surface area contributed by atoms with E-state index < -0.39 is 11.7 Å². The van der Waals surface area contributed by atoms with Crippen LogP contribution in [0.2, 0.25) is 0 Å². The van der Waals surface area contributed by atoms with Gasteiger partial charge in [-0.2, -0.15) is 18.3 Å². The molecule has 0 radical (unpaired) electrons. The molecule has 0 spiro atoms. The van der Waals surface area contributed by atoms with Crippen molar-refractivity contribution in [3.05, 3.63) is 131 Å². The van der Waals surface area contributed by atoms with Crippen molar-refractivity contribution in [3.8, 4) is 45.3 Å². The SMILES string of the molecule is O=c1[nH]ccc2nc(-c3ccc(Cn4cc(-c5n[nH]c(-c6ccccn6)n5)c(C(F)(F)F)c4)cc3)c(-c3ccccc3)cc12. The minimum absolute atomic E-state index is 0.0678. The van der Waals surface area contributed by atoms with Crippen LogP contribution in [0, 0.1) is 0 Å². The van der Waals surface area contributed by atoms with Crippen molar-refractivity contribution >= 4 is 10.9 Å². The molecule has 2 aromatic carbocycles. The summed E-state index contributed by atoms with van der Waals surface area (Å²) in [6.07, 6.45) is 0.993. The van der Waals surface area contributed by atoms with Crippen LogP contribution in [-0.2, 0) is 12.7 Å². The lowest BCUT2D eigenvalue weighted by Crippen LogP contribution is -2.06. The molecule has 0 aliphatic rings. The van der Waals surface area contributed by atoms with Crippen molar-refractivity contribution < 1.29 is 13.2 Å². The Morgan fingerprint density at radius 1 is 0.818 bits per heavy atom. The monoisotopic (exact) mass is 589 g/mol. The molecule has 0 fully saturated rings. The minimum Gasteiger partial charge on any atom is -0.349 e. The molecule has 7 aromatic rings. The normalized spacial score (nSPS) is 11.7. The Labute approximate surface area is 247 Å². The number of alkyl halides is 3. The molecule has 5 aromatic heterocycles. The van der Waals surface area contributed by atoms with Crippen LogP contribution in [0.3, 0.4) is 0 Å². The molecule has 44 heavy (non-hydrogen) atoms. The lowest BCUT2D eigenvalue weighted by molar-refractivity contribution is -0.137. The van der Waals surface area contributed by atoms with E-state index in [0.29, 0.717) is 22.3 Å². The average molecular weight is 590 g/mol. The second-order valence-electron chi connectivity index (χ2n) is 10.2. The van der Waals surface area contributed by atoms with Gasteiger partial charge in [-0.3, -0.25) is 14.9 Å². The summed E-state index contributed by atoms with van der Waals surface area (Å²) in [6, 6.07) is 25.9. The number of pyridine rings is 3. The van der Waals surface area contributed by atoms with Gasteiger partial charge in [0.2, 0.25) is 0 Å². The molecular formula is C33H22F3N7O. The molecule has 216 valence electrons. The predicted molar refractivity (Wildman–Crippen MR) is 160 cm³/mol. The van der Waals surface area contributed by atoms with Gasteiger partial charge in [0.1, 0.15) is 5.69 Å². The van der Waals surface area contributed by atoms with Gasteiger partial charge in [-0.15, -0.1) is 0 Å². The van der Waals surface area contributed by atoms with Gasteiger partial charge in [0.15, 0.2) is 11.6 Å². The fourth-order valence-electron chi connectivity index (χ4n) is 5.15. The first-order valence-corrected chi connectivity index (χ1v) is 13.6. The summed E-state index contributed by atoms with van der Waals surface area (Å²) in [5.41, 5.74) is 3.83. The summed E-state index contributed by atoms with van der Waals surface area (Å²) in [5.74, 6) is 0.209. The Bertz CT molecular complexity index is 2150. The second-order valence-corrected chi connectivity index (χ2v) is 10.2. The number of aromatic nitrogens is 7. The standard InChI is InChI=1S/C33H22F3N7O/c34-33(35,36)26-19-43(18-25(26)30-40-31(42-41-30)28-8-4-5-14-37-28)17-20-9-11-22(12-10-20)29-23(21-6-2-1-3-7-21)16-24-27(39-29)13-15-38-32(24)44/h1-16,18-19H,17H2,(H,38,44)(H,40,41,42). The third-order valence-corrected chi connectivity index (χ3v) is 7.25. The largest absolute Gasteiger partial charge is 0.418 e. The number of halogens is 3. The molecule has 7 rings (SSSR count). The van der Waals surface area contributed by atoms with Crippen LogP contribution in [0.25, 0.3) is 56.2 Å². The molecule has 0 aliphatic heterocycles. The summed E-state index contributed by atoms with van der Waals surface area (Å²) < 4.78 is 43.6. The highest BCUT2D eigenvalue weighted by Crippen LogP contribution is 2.38. The Balaban J connectivity index is 1.22. The fraction of sp³-hybridized carbons (Fsp3) is 0.0606. The lowest BCUT2D eigenvalue weighted by Gasteiger charge is -2.12. The number of benzene rings is 2. The Kier molecular flexibility index (Phi) is 6.62. The third kappa shape index (κ3) is 5.15. The van der Waals surface area contributed by atoms with Gasteiger partial charge in [0, 0.05) is 42.5 Å². The topological polar surface area (TPSA) is 105 Å². The van der Waals surface area contributed by atoms with Crippen molar-refractivity contribution in [1.29, 1.82) is 0 Å². The van der Waals surface area contributed by atoms with Gasteiger partial charge in [-0.25, -0.2) is 9.97 Å². The van der Waals surface area contributed by atoms with E-state index in [9.17, 15) is 18.0 Å². The number of nitrogens with zero attached hydrogens (tertiary/aromatic N) is 5. The van der Waals surface area contributed by atoms with Gasteiger partial charge in [-0.1, -0.05) is 60.7 Å². The minimum atomic E-state index is -4.60. The molecule has 0 aliphatic carbocycles. The smallest absolute Gasteiger partial charge is 0.349 e. The van der Waals surface area contributed by atoms with E-state index >= 15 is 0 Å². The van der Waals surface area contributed by atoms with Gasteiger partial charge in [0.05, 0.1) is 27.7 Å². The van der Waals surface area contributed by atoms with Crippen LogP contribution in [0.15, 0.2) is 115 Å². The van der Waals surface area contributed by atoms with Gasteiger partial charge >= 0.3 is 6.18 Å². The zero-order valence-corrected chi connectivity index (χ0v) is 22.9.